The highest BCUT2D eigenvalue weighted by Gasteiger charge is 2.11. The molecular formula is C29H31N3O3. The zero-order valence-electron chi connectivity index (χ0n) is 20.9. The van der Waals surface area contributed by atoms with E-state index in [1.54, 1.807) is 23.6 Å². The second kappa shape index (κ2) is 10.1. The lowest BCUT2D eigenvalue weighted by atomic mass is 10.1. The number of nitrogens with zero attached hydrogens (tertiary/aromatic N) is 2. The van der Waals surface area contributed by atoms with Crippen LogP contribution >= 0.6 is 0 Å². The van der Waals surface area contributed by atoms with Crippen molar-refractivity contribution >= 4 is 16.9 Å². The minimum absolute atomic E-state index is 0.104. The monoisotopic (exact) mass is 469 g/mol. The van der Waals surface area contributed by atoms with Crippen LogP contribution in [0, 0.1) is 20.8 Å². The molecule has 0 bridgehead atoms. The maximum Gasteiger partial charge on any atom is 0.272 e. The van der Waals surface area contributed by atoms with E-state index in [-0.39, 0.29) is 17.6 Å². The molecule has 0 spiro atoms. The Balaban J connectivity index is 1.46. The number of fused-ring (bicyclic) bond motifs is 1. The number of amides is 1. The van der Waals surface area contributed by atoms with Crippen LogP contribution in [-0.2, 0) is 13.1 Å². The van der Waals surface area contributed by atoms with E-state index in [1.165, 1.54) is 0 Å². The topological polar surface area (TPSA) is 73.2 Å². The third-order valence-corrected chi connectivity index (χ3v) is 6.03. The Morgan fingerprint density at radius 1 is 0.943 bits per heavy atom. The van der Waals surface area contributed by atoms with Gasteiger partial charge >= 0.3 is 0 Å². The van der Waals surface area contributed by atoms with Crippen LogP contribution in [0.25, 0.3) is 11.0 Å². The van der Waals surface area contributed by atoms with Crippen LogP contribution < -0.4 is 15.6 Å². The minimum Gasteiger partial charge on any atom is -0.491 e. The zero-order chi connectivity index (χ0) is 25.1. The summed E-state index contributed by atoms with van der Waals surface area (Å²) >= 11 is 0. The van der Waals surface area contributed by atoms with Crippen molar-refractivity contribution in [3.05, 3.63) is 105 Å². The Bertz CT molecular complexity index is 1420. The third kappa shape index (κ3) is 5.60. The van der Waals surface area contributed by atoms with E-state index < -0.39 is 0 Å². The van der Waals surface area contributed by atoms with Crippen LogP contribution in [0.1, 0.15) is 52.2 Å². The molecule has 0 radical (unpaired) electrons. The molecule has 0 saturated heterocycles. The average Bonchev–Trinajstić information content (AvgIpc) is 2.83. The van der Waals surface area contributed by atoms with Gasteiger partial charge in [0.05, 0.1) is 23.7 Å². The number of benzene rings is 3. The van der Waals surface area contributed by atoms with E-state index in [0.29, 0.717) is 24.3 Å². The molecule has 35 heavy (non-hydrogen) atoms. The smallest absolute Gasteiger partial charge is 0.272 e. The van der Waals surface area contributed by atoms with Gasteiger partial charge in [-0.25, -0.2) is 4.98 Å². The summed E-state index contributed by atoms with van der Waals surface area (Å²) in [7, 11) is 0. The van der Waals surface area contributed by atoms with Crippen molar-refractivity contribution in [1.29, 1.82) is 0 Å². The number of aromatic nitrogens is 2. The molecular weight excluding hydrogens is 438 g/mol. The molecule has 0 unspecified atom stereocenters. The van der Waals surface area contributed by atoms with Crippen molar-refractivity contribution < 1.29 is 9.53 Å². The van der Waals surface area contributed by atoms with E-state index in [1.807, 2.05) is 76.2 Å². The van der Waals surface area contributed by atoms with Crippen LogP contribution in [0.2, 0.25) is 0 Å². The highest BCUT2D eigenvalue weighted by Crippen LogP contribution is 2.18. The van der Waals surface area contributed by atoms with Gasteiger partial charge in [-0.2, -0.15) is 0 Å². The van der Waals surface area contributed by atoms with E-state index in [4.69, 9.17) is 4.74 Å². The maximum absolute atomic E-state index is 12.9. The van der Waals surface area contributed by atoms with E-state index in [2.05, 4.69) is 10.3 Å². The largest absolute Gasteiger partial charge is 0.491 e. The van der Waals surface area contributed by atoms with Gasteiger partial charge in [-0.05, 0) is 93.3 Å². The number of hydrogen-bond acceptors (Lipinski definition) is 4. The Morgan fingerprint density at radius 2 is 1.57 bits per heavy atom. The van der Waals surface area contributed by atoms with Gasteiger partial charge in [-0.3, -0.25) is 9.59 Å². The van der Waals surface area contributed by atoms with E-state index >= 15 is 0 Å². The first-order valence-electron chi connectivity index (χ1n) is 11.8. The number of rotatable bonds is 7. The first-order chi connectivity index (χ1) is 16.7. The SMILES string of the molecule is Cc1cc2nc(C)c(=O)n(Cc3ccc(C(=O)NCc4ccc(OC(C)C)cc4)cc3)c2cc1C. The first-order valence-corrected chi connectivity index (χ1v) is 11.8. The van der Waals surface area contributed by atoms with Crippen LogP contribution in [0.5, 0.6) is 5.75 Å². The van der Waals surface area contributed by atoms with Gasteiger partial charge in [0.2, 0.25) is 0 Å². The molecule has 4 aromatic rings. The van der Waals surface area contributed by atoms with Crippen LogP contribution in [0.3, 0.4) is 0 Å². The van der Waals surface area contributed by atoms with Crippen molar-refractivity contribution in [2.24, 2.45) is 0 Å². The molecule has 1 aromatic heterocycles. The summed E-state index contributed by atoms with van der Waals surface area (Å²) in [6.07, 6.45) is 0.122. The van der Waals surface area contributed by atoms with Crippen molar-refractivity contribution in [3.63, 3.8) is 0 Å². The number of ether oxygens (including phenoxy) is 1. The molecule has 6 heteroatoms. The molecule has 4 rings (SSSR count). The quantitative estimate of drug-likeness (QED) is 0.409. The molecule has 0 aliphatic heterocycles. The summed E-state index contributed by atoms with van der Waals surface area (Å²) in [5.74, 6) is 0.666. The molecule has 0 saturated carbocycles. The molecule has 180 valence electrons. The summed E-state index contributed by atoms with van der Waals surface area (Å²) in [5, 5.41) is 2.95. The fraction of sp³-hybridized carbons (Fsp3) is 0.276. The number of hydrogen-bond donors (Lipinski definition) is 1. The van der Waals surface area contributed by atoms with Crippen LogP contribution in [0.15, 0.2) is 65.5 Å². The summed E-state index contributed by atoms with van der Waals surface area (Å²) in [4.78, 5) is 30.0. The summed E-state index contributed by atoms with van der Waals surface area (Å²) in [5.41, 5.74) is 6.76. The fourth-order valence-electron chi connectivity index (χ4n) is 3.97. The zero-order valence-corrected chi connectivity index (χ0v) is 20.9. The molecule has 6 nitrogen and oxygen atoms in total. The predicted octanol–water partition coefficient (Wildman–Crippen LogP) is 5.09. The van der Waals surface area contributed by atoms with Gasteiger partial charge in [0.25, 0.3) is 11.5 Å². The number of nitrogens with one attached hydrogen (secondary N) is 1. The summed E-state index contributed by atoms with van der Waals surface area (Å²) in [6.45, 7) is 10.6. The van der Waals surface area contributed by atoms with Gasteiger partial charge in [-0.15, -0.1) is 0 Å². The van der Waals surface area contributed by atoms with Gasteiger partial charge in [0.15, 0.2) is 0 Å². The second-order valence-corrected chi connectivity index (χ2v) is 9.20. The molecule has 1 N–H and O–H groups in total. The Labute approximate surface area is 205 Å². The van der Waals surface area contributed by atoms with Crippen LogP contribution in [0.4, 0.5) is 0 Å². The second-order valence-electron chi connectivity index (χ2n) is 9.20. The number of carbonyl (C=O) groups excluding carboxylic acids is 1. The average molecular weight is 470 g/mol. The number of carbonyl (C=O) groups is 1. The normalized spacial score (nSPS) is 11.1. The van der Waals surface area contributed by atoms with E-state index in [0.717, 1.165) is 39.0 Å². The van der Waals surface area contributed by atoms with E-state index in [9.17, 15) is 9.59 Å². The van der Waals surface area contributed by atoms with Crippen molar-refractivity contribution in [1.82, 2.24) is 14.9 Å². The maximum atomic E-state index is 12.9. The lowest BCUT2D eigenvalue weighted by molar-refractivity contribution is 0.0951. The Hall–Kier alpha value is -3.93. The standard InChI is InChI=1S/C29H31N3O3/c1-18(2)35-25-12-8-22(9-13-25)16-30-28(33)24-10-6-23(7-11-24)17-32-27-15-20(4)19(3)14-26(27)31-21(5)29(32)34/h6-15,18H,16-17H2,1-5H3,(H,30,33). The Kier molecular flexibility index (Phi) is 7.01. The van der Waals surface area contributed by atoms with Crippen molar-refractivity contribution in [3.8, 4) is 5.75 Å². The lowest BCUT2D eigenvalue weighted by Gasteiger charge is -2.13. The molecule has 1 heterocycles. The highest BCUT2D eigenvalue weighted by molar-refractivity contribution is 5.94. The van der Waals surface area contributed by atoms with Gasteiger partial charge in [0, 0.05) is 12.1 Å². The summed E-state index contributed by atoms with van der Waals surface area (Å²) in [6, 6.07) is 19.1. The molecule has 1 amide bonds. The third-order valence-electron chi connectivity index (χ3n) is 6.03. The van der Waals surface area contributed by atoms with Crippen molar-refractivity contribution in [2.45, 2.75) is 53.8 Å². The van der Waals surface area contributed by atoms with Gasteiger partial charge in [0.1, 0.15) is 11.4 Å². The first kappa shape index (κ1) is 24.2. The van der Waals surface area contributed by atoms with Crippen molar-refractivity contribution in [2.75, 3.05) is 0 Å². The fourth-order valence-corrected chi connectivity index (χ4v) is 3.97. The molecule has 3 aromatic carbocycles. The molecule has 0 aliphatic carbocycles. The predicted molar refractivity (Wildman–Crippen MR) is 139 cm³/mol. The molecule has 0 fully saturated rings. The minimum atomic E-state index is -0.146. The molecule has 0 aliphatic rings. The Morgan fingerprint density at radius 3 is 2.23 bits per heavy atom. The molecule has 0 atom stereocenters. The van der Waals surface area contributed by atoms with Gasteiger partial charge in [-0.1, -0.05) is 24.3 Å². The lowest BCUT2D eigenvalue weighted by Crippen LogP contribution is -2.25. The highest BCUT2D eigenvalue weighted by atomic mass is 16.5. The number of aryl methyl sites for hydroxylation is 3. The summed E-state index contributed by atoms with van der Waals surface area (Å²) < 4.78 is 7.41. The van der Waals surface area contributed by atoms with Gasteiger partial charge < -0.3 is 14.6 Å². The van der Waals surface area contributed by atoms with Crippen LogP contribution in [-0.4, -0.2) is 21.6 Å².